The summed E-state index contributed by atoms with van der Waals surface area (Å²) in [7, 11) is 1.58. The first-order valence-corrected chi connectivity index (χ1v) is 10.4. The molecule has 0 aliphatic carbocycles. The lowest BCUT2D eigenvalue weighted by Gasteiger charge is -2.16. The predicted octanol–water partition coefficient (Wildman–Crippen LogP) is 5.15. The lowest BCUT2D eigenvalue weighted by Crippen LogP contribution is -2.29. The number of ether oxygens (including phenoxy) is 2. The number of imide groups is 1. The highest BCUT2D eigenvalue weighted by molar-refractivity contribution is 8.18. The summed E-state index contributed by atoms with van der Waals surface area (Å²) < 4.78 is 11.3. The smallest absolute Gasteiger partial charge is 0.293 e. The van der Waals surface area contributed by atoms with E-state index in [0.29, 0.717) is 28.5 Å². The zero-order valence-electron chi connectivity index (χ0n) is 16.9. The number of aryl methyl sites for hydroxylation is 1. The largest absolute Gasteiger partial charge is 0.493 e. The van der Waals surface area contributed by atoms with Crippen LogP contribution < -0.4 is 9.47 Å². The topological polar surface area (TPSA) is 55.8 Å². The van der Waals surface area contributed by atoms with Crippen molar-refractivity contribution < 1.29 is 19.1 Å². The van der Waals surface area contributed by atoms with Crippen molar-refractivity contribution >= 4 is 29.0 Å². The van der Waals surface area contributed by atoms with E-state index in [0.717, 1.165) is 24.6 Å². The van der Waals surface area contributed by atoms with Crippen LogP contribution in [0.25, 0.3) is 6.08 Å². The van der Waals surface area contributed by atoms with Crippen molar-refractivity contribution in [3.63, 3.8) is 0 Å². The molecule has 2 amide bonds. The summed E-state index contributed by atoms with van der Waals surface area (Å²) in [5, 5.41) is -0.233. The number of carbonyl (C=O) groups excluding carboxylic acids is 2. The fraction of sp³-hybridized carbons (Fsp3) is 0.304. The van der Waals surface area contributed by atoms with Crippen LogP contribution in [0.4, 0.5) is 4.79 Å². The van der Waals surface area contributed by atoms with Crippen molar-refractivity contribution in [2.75, 3.05) is 13.7 Å². The minimum absolute atomic E-state index is 0.0495. The van der Waals surface area contributed by atoms with E-state index in [2.05, 4.69) is 0 Å². The van der Waals surface area contributed by atoms with E-state index in [1.807, 2.05) is 62.4 Å². The van der Waals surface area contributed by atoms with Crippen molar-refractivity contribution in [1.29, 1.82) is 0 Å². The number of rotatable bonds is 8. The molecule has 1 aliphatic rings. The van der Waals surface area contributed by atoms with E-state index in [1.165, 1.54) is 10.5 Å². The Kier molecular flexibility index (Phi) is 6.99. The lowest BCUT2D eigenvalue weighted by molar-refractivity contribution is -0.122. The molecule has 2 aromatic carbocycles. The molecule has 0 N–H and O–H groups in total. The second-order valence-electron chi connectivity index (χ2n) is 6.97. The Balaban J connectivity index is 1.74. The van der Waals surface area contributed by atoms with Gasteiger partial charge >= 0.3 is 0 Å². The van der Waals surface area contributed by atoms with Gasteiger partial charge in [0.05, 0.1) is 18.1 Å². The van der Waals surface area contributed by atoms with Gasteiger partial charge < -0.3 is 9.47 Å². The number of amides is 2. The molecule has 0 saturated carbocycles. The molecule has 1 saturated heterocycles. The maximum atomic E-state index is 12.8. The second kappa shape index (κ2) is 9.65. The van der Waals surface area contributed by atoms with Gasteiger partial charge in [0.2, 0.25) is 0 Å². The molecule has 6 heteroatoms. The van der Waals surface area contributed by atoms with Crippen LogP contribution in [0.15, 0.2) is 53.4 Å². The zero-order chi connectivity index (χ0) is 20.8. The van der Waals surface area contributed by atoms with Gasteiger partial charge in [-0.1, -0.05) is 42.5 Å². The number of benzene rings is 2. The van der Waals surface area contributed by atoms with Crippen LogP contribution in [0.5, 0.6) is 11.5 Å². The number of carbonyl (C=O) groups is 2. The molecular formula is C23H25NO4S. The van der Waals surface area contributed by atoms with Crippen molar-refractivity contribution in [2.24, 2.45) is 0 Å². The number of nitrogens with zero attached hydrogens (tertiary/aromatic N) is 1. The minimum Gasteiger partial charge on any atom is -0.493 e. The van der Waals surface area contributed by atoms with E-state index >= 15 is 0 Å². The number of thioether (sulfide) groups is 1. The van der Waals surface area contributed by atoms with Crippen molar-refractivity contribution in [3.05, 3.63) is 64.6 Å². The molecule has 5 nitrogen and oxygen atoms in total. The summed E-state index contributed by atoms with van der Waals surface area (Å²) >= 11 is 0.966. The molecule has 3 rings (SSSR count). The summed E-state index contributed by atoms with van der Waals surface area (Å²) in [6.07, 6.45) is 3.22. The molecule has 0 atom stereocenters. The number of para-hydroxylation sites is 1. The van der Waals surface area contributed by atoms with Gasteiger partial charge in [0.15, 0.2) is 11.5 Å². The Hall–Kier alpha value is -2.73. The first-order chi connectivity index (χ1) is 14.0. The normalized spacial score (nSPS) is 15.4. The highest BCUT2D eigenvalue weighted by atomic mass is 32.2. The van der Waals surface area contributed by atoms with Crippen molar-refractivity contribution in [2.45, 2.75) is 32.8 Å². The molecule has 152 valence electrons. The number of methoxy groups -OCH3 is 1. The third-order valence-corrected chi connectivity index (χ3v) is 5.34. The third kappa shape index (κ3) is 5.21. The quantitative estimate of drug-likeness (QED) is 0.562. The molecule has 2 aromatic rings. The highest BCUT2D eigenvalue weighted by Gasteiger charge is 2.34. The molecule has 1 aliphatic heterocycles. The molecule has 0 radical (unpaired) electrons. The summed E-state index contributed by atoms with van der Waals surface area (Å²) in [5.41, 5.74) is 1.91. The molecule has 1 fully saturated rings. The fourth-order valence-corrected chi connectivity index (χ4v) is 3.94. The maximum Gasteiger partial charge on any atom is 0.293 e. The number of hydrogen-bond donors (Lipinski definition) is 0. The average molecular weight is 412 g/mol. The first kappa shape index (κ1) is 21.0. The average Bonchev–Trinajstić information content (AvgIpc) is 2.97. The van der Waals surface area contributed by atoms with E-state index in [4.69, 9.17) is 9.47 Å². The molecule has 0 bridgehead atoms. The SMILES string of the molecule is COc1cccc(/C=C2/SC(=O)N(CCCc3ccccc3)C2=O)c1OC(C)C. The summed E-state index contributed by atoms with van der Waals surface area (Å²) in [6, 6.07) is 15.5. The molecule has 0 spiro atoms. The van der Waals surface area contributed by atoms with Gasteiger partial charge in [-0.25, -0.2) is 0 Å². The lowest BCUT2D eigenvalue weighted by atomic mass is 10.1. The molecule has 0 aromatic heterocycles. The van der Waals surface area contributed by atoms with Gasteiger partial charge in [0.1, 0.15) is 0 Å². The van der Waals surface area contributed by atoms with Gasteiger partial charge in [-0.05, 0) is 56.2 Å². The van der Waals surface area contributed by atoms with Gasteiger partial charge in [0, 0.05) is 12.1 Å². The van der Waals surface area contributed by atoms with Crippen LogP contribution in [-0.4, -0.2) is 35.8 Å². The van der Waals surface area contributed by atoms with Crippen LogP contribution in [0.2, 0.25) is 0 Å². The molecule has 29 heavy (non-hydrogen) atoms. The maximum absolute atomic E-state index is 12.8. The summed E-state index contributed by atoms with van der Waals surface area (Å²) in [6.45, 7) is 4.26. The van der Waals surface area contributed by atoms with Crippen molar-refractivity contribution in [3.8, 4) is 11.5 Å². The van der Waals surface area contributed by atoms with Crippen molar-refractivity contribution in [1.82, 2.24) is 4.90 Å². The third-order valence-electron chi connectivity index (χ3n) is 4.43. The van der Waals surface area contributed by atoms with Crippen LogP contribution in [-0.2, 0) is 11.2 Å². The van der Waals surface area contributed by atoms with E-state index in [-0.39, 0.29) is 17.3 Å². The Morgan fingerprint density at radius 1 is 1.07 bits per heavy atom. The molecule has 0 unspecified atom stereocenters. The zero-order valence-corrected chi connectivity index (χ0v) is 17.7. The Morgan fingerprint density at radius 2 is 1.83 bits per heavy atom. The van der Waals surface area contributed by atoms with Crippen LogP contribution in [0, 0.1) is 0 Å². The predicted molar refractivity (Wildman–Crippen MR) is 116 cm³/mol. The summed E-state index contributed by atoms with van der Waals surface area (Å²) in [5.74, 6) is 0.904. The highest BCUT2D eigenvalue weighted by Crippen LogP contribution is 2.37. The van der Waals surface area contributed by atoms with E-state index < -0.39 is 0 Å². The molecular weight excluding hydrogens is 386 g/mol. The second-order valence-corrected chi connectivity index (χ2v) is 7.96. The van der Waals surface area contributed by atoms with E-state index in [9.17, 15) is 9.59 Å². The molecule has 1 heterocycles. The van der Waals surface area contributed by atoms with Gasteiger partial charge in [-0.2, -0.15) is 0 Å². The minimum atomic E-state index is -0.258. The van der Waals surface area contributed by atoms with Gasteiger partial charge in [0.25, 0.3) is 11.1 Å². The Morgan fingerprint density at radius 3 is 2.52 bits per heavy atom. The standard InChI is InChI=1S/C23H25NO4S/c1-16(2)28-21-18(12-7-13-19(21)27-3)15-20-22(25)24(23(26)29-20)14-8-11-17-9-5-4-6-10-17/h4-7,9-10,12-13,15-16H,8,11,14H2,1-3H3/b20-15+. The summed E-state index contributed by atoms with van der Waals surface area (Å²) in [4.78, 5) is 26.9. The van der Waals surface area contributed by atoms with Crippen LogP contribution in [0.1, 0.15) is 31.4 Å². The Bertz CT molecular complexity index is 908. The van der Waals surface area contributed by atoms with Gasteiger partial charge in [-0.15, -0.1) is 0 Å². The first-order valence-electron chi connectivity index (χ1n) is 9.62. The monoisotopic (exact) mass is 411 g/mol. The number of hydrogen-bond acceptors (Lipinski definition) is 5. The fourth-order valence-electron chi connectivity index (χ4n) is 3.09. The van der Waals surface area contributed by atoms with Crippen LogP contribution in [0.3, 0.4) is 0 Å². The Labute approximate surface area is 175 Å². The van der Waals surface area contributed by atoms with Gasteiger partial charge in [-0.3, -0.25) is 14.5 Å². The van der Waals surface area contributed by atoms with E-state index in [1.54, 1.807) is 13.2 Å². The van der Waals surface area contributed by atoms with Crippen LogP contribution >= 0.6 is 11.8 Å².